The number of amides is 1. The molecule has 2 fully saturated rings. The van der Waals surface area contributed by atoms with Gasteiger partial charge in [-0.3, -0.25) is 4.79 Å². The van der Waals surface area contributed by atoms with E-state index in [0.717, 1.165) is 31.6 Å². The second-order valence-electron chi connectivity index (χ2n) is 7.68. The minimum atomic E-state index is -3.68. The molecule has 1 amide bonds. The van der Waals surface area contributed by atoms with Crippen molar-refractivity contribution in [3.05, 3.63) is 53.1 Å². The third-order valence-corrected chi connectivity index (χ3v) is 7.86. The number of sulfonamides is 1. The zero-order chi connectivity index (χ0) is 21.8. The molecule has 31 heavy (non-hydrogen) atoms. The number of piperidine rings is 1. The second-order valence-corrected chi connectivity index (χ2v) is 10.0. The first-order chi connectivity index (χ1) is 15.0. The minimum absolute atomic E-state index is 0.157. The minimum Gasteiger partial charge on any atom is -0.379 e. The number of benzene rings is 2. The number of halogens is 1. The molecule has 0 aromatic heterocycles. The maximum atomic E-state index is 13.2. The second kappa shape index (κ2) is 9.56. The van der Waals surface area contributed by atoms with Crippen LogP contribution in [0.25, 0.3) is 0 Å². The smallest absolute Gasteiger partial charge is 0.257 e. The standard InChI is InChI=1S/C22H26ClN3O4S/c23-19-7-3-2-6-18(19)22(27)24-20-16-17(31(28,29)26-12-14-30-15-13-26)8-9-21(20)25-10-4-1-5-11-25/h2-3,6-9,16H,1,4-5,10-15H2,(H,24,27). The van der Waals surface area contributed by atoms with Gasteiger partial charge in [-0.15, -0.1) is 0 Å². The van der Waals surface area contributed by atoms with Gasteiger partial charge in [-0.25, -0.2) is 8.42 Å². The van der Waals surface area contributed by atoms with E-state index in [2.05, 4.69) is 10.2 Å². The van der Waals surface area contributed by atoms with E-state index >= 15 is 0 Å². The fourth-order valence-corrected chi connectivity index (χ4v) is 5.61. The average molecular weight is 464 g/mol. The van der Waals surface area contributed by atoms with Crippen LogP contribution in [0.15, 0.2) is 47.4 Å². The molecule has 9 heteroatoms. The molecule has 2 aliphatic heterocycles. The average Bonchev–Trinajstić information content (AvgIpc) is 2.80. The summed E-state index contributed by atoms with van der Waals surface area (Å²) in [5.41, 5.74) is 1.64. The van der Waals surface area contributed by atoms with Gasteiger partial charge in [-0.1, -0.05) is 23.7 Å². The van der Waals surface area contributed by atoms with Crippen molar-refractivity contribution < 1.29 is 17.9 Å². The van der Waals surface area contributed by atoms with E-state index < -0.39 is 10.0 Å². The Morgan fingerprint density at radius 2 is 1.68 bits per heavy atom. The van der Waals surface area contributed by atoms with Gasteiger partial charge in [0.2, 0.25) is 10.0 Å². The predicted octanol–water partition coefficient (Wildman–Crippen LogP) is 3.60. The maximum Gasteiger partial charge on any atom is 0.257 e. The third-order valence-electron chi connectivity index (χ3n) is 5.64. The van der Waals surface area contributed by atoms with E-state index in [9.17, 15) is 13.2 Å². The molecular formula is C22H26ClN3O4S. The molecule has 0 aliphatic carbocycles. The van der Waals surface area contributed by atoms with Crippen molar-refractivity contribution in [2.45, 2.75) is 24.2 Å². The van der Waals surface area contributed by atoms with Crippen LogP contribution in [-0.2, 0) is 14.8 Å². The fourth-order valence-electron chi connectivity index (χ4n) is 3.96. The van der Waals surface area contributed by atoms with Crippen molar-refractivity contribution in [1.29, 1.82) is 0 Å². The Balaban J connectivity index is 1.69. The normalized spacial score (nSPS) is 18.0. The van der Waals surface area contributed by atoms with Gasteiger partial charge < -0.3 is 15.0 Å². The van der Waals surface area contributed by atoms with E-state index in [0.29, 0.717) is 42.6 Å². The zero-order valence-electron chi connectivity index (χ0n) is 17.2. The highest BCUT2D eigenvalue weighted by Gasteiger charge is 2.28. The highest BCUT2D eigenvalue weighted by atomic mass is 35.5. The number of ether oxygens (including phenoxy) is 1. The topological polar surface area (TPSA) is 79.0 Å². The number of carbonyl (C=O) groups is 1. The summed E-state index contributed by atoms with van der Waals surface area (Å²) in [7, 11) is -3.68. The first-order valence-electron chi connectivity index (χ1n) is 10.5. The number of carbonyl (C=O) groups excluding carboxylic acids is 1. The van der Waals surface area contributed by atoms with Gasteiger partial charge in [0.15, 0.2) is 0 Å². The van der Waals surface area contributed by atoms with E-state index in [-0.39, 0.29) is 10.8 Å². The number of nitrogens with one attached hydrogen (secondary N) is 1. The van der Waals surface area contributed by atoms with Crippen molar-refractivity contribution in [1.82, 2.24) is 4.31 Å². The molecule has 2 aliphatic rings. The quantitative estimate of drug-likeness (QED) is 0.732. The zero-order valence-corrected chi connectivity index (χ0v) is 18.8. The van der Waals surface area contributed by atoms with E-state index in [4.69, 9.17) is 16.3 Å². The van der Waals surface area contributed by atoms with Crippen LogP contribution in [0.3, 0.4) is 0 Å². The van der Waals surface area contributed by atoms with Gasteiger partial charge in [0.25, 0.3) is 5.91 Å². The van der Waals surface area contributed by atoms with Crippen molar-refractivity contribution in [2.24, 2.45) is 0 Å². The van der Waals surface area contributed by atoms with Crippen molar-refractivity contribution in [3.63, 3.8) is 0 Å². The van der Waals surface area contributed by atoms with Crippen LogP contribution in [0.5, 0.6) is 0 Å². The van der Waals surface area contributed by atoms with Crippen LogP contribution in [0.4, 0.5) is 11.4 Å². The van der Waals surface area contributed by atoms with Gasteiger partial charge in [0.05, 0.1) is 40.1 Å². The molecule has 0 bridgehead atoms. The van der Waals surface area contributed by atoms with Gasteiger partial charge in [-0.05, 0) is 49.6 Å². The number of hydrogen-bond donors (Lipinski definition) is 1. The Hall–Kier alpha value is -2.13. The molecular weight excluding hydrogens is 438 g/mol. The Morgan fingerprint density at radius 3 is 2.39 bits per heavy atom. The molecule has 7 nitrogen and oxygen atoms in total. The summed E-state index contributed by atoms with van der Waals surface area (Å²) in [4.78, 5) is 15.3. The lowest BCUT2D eigenvalue weighted by molar-refractivity contribution is 0.0730. The molecule has 0 atom stereocenters. The number of anilines is 2. The Bertz CT molecular complexity index is 1050. The first-order valence-corrected chi connectivity index (χ1v) is 12.3. The molecule has 0 radical (unpaired) electrons. The molecule has 0 unspecified atom stereocenters. The highest BCUT2D eigenvalue weighted by molar-refractivity contribution is 7.89. The number of morpholine rings is 1. The fraction of sp³-hybridized carbons (Fsp3) is 0.409. The van der Waals surface area contributed by atoms with E-state index in [1.54, 1.807) is 42.5 Å². The molecule has 0 spiro atoms. The Kier molecular flexibility index (Phi) is 6.81. The van der Waals surface area contributed by atoms with Crippen LogP contribution in [0.2, 0.25) is 5.02 Å². The number of nitrogens with zero attached hydrogens (tertiary/aromatic N) is 2. The van der Waals surface area contributed by atoms with Crippen LogP contribution in [-0.4, -0.2) is 58.0 Å². The van der Waals surface area contributed by atoms with Crippen molar-refractivity contribution in [3.8, 4) is 0 Å². The molecule has 166 valence electrons. The lowest BCUT2D eigenvalue weighted by atomic mass is 10.1. The monoisotopic (exact) mass is 463 g/mol. The molecule has 2 heterocycles. The van der Waals surface area contributed by atoms with Crippen LogP contribution < -0.4 is 10.2 Å². The summed E-state index contributed by atoms with van der Waals surface area (Å²) in [6.45, 7) is 3.12. The summed E-state index contributed by atoms with van der Waals surface area (Å²) < 4.78 is 33.0. The van der Waals surface area contributed by atoms with Gasteiger partial charge in [-0.2, -0.15) is 4.31 Å². The summed E-state index contributed by atoms with van der Waals surface area (Å²) in [5.74, 6) is -0.371. The van der Waals surface area contributed by atoms with Crippen molar-refractivity contribution >= 4 is 38.9 Å². The van der Waals surface area contributed by atoms with E-state index in [1.165, 1.54) is 10.7 Å². The van der Waals surface area contributed by atoms with Crippen LogP contribution in [0, 0.1) is 0 Å². The summed E-state index contributed by atoms with van der Waals surface area (Å²) >= 11 is 6.19. The Labute approximate surface area is 188 Å². The van der Waals surface area contributed by atoms with Crippen LogP contribution >= 0.6 is 11.6 Å². The van der Waals surface area contributed by atoms with Crippen LogP contribution in [0.1, 0.15) is 29.6 Å². The first kappa shape index (κ1) is 22.1. The number of rotatable bonds is 5. The molecule has 2 saturated heterocycles. The van der Waals surface area contributed by atoms with Gasteiger partial charge in [0, 0.05) is 26.2 Å². The predicted molar refractivity (Wildman–Crippen MR) is 121 cm³/mol. The maximum absolute atomic E-state index is 13.2. The lowest BCUT2D eigenvalue weighted by Gasteiger charge is -2.31. The SMILES string of the molecule is O=C(Nc1cc(S(=O)(=O)N2CCOCC2)ccc1N1CCCCC1)c1ccccc1Cl. The molecule has 2 aromatic rings. The Morgan fingerprint density at radius 1 is 0.968 bits per heavy atom. The molecule has 2 aromatic carbocycles. The lowest BCUT2D eigenvalue weighted by Crippen LogP contribution is -2.40. The molecule has 4 rings (SSSR count). The molecule has 1 N–H and O–H groups in total. The third kappa shape index (κ3) is 4.87. The largest absolute Gasteiger partial charge is 0.379 e. The summed E-state index contributed by atoms with van der Waals surface area (Å²) in [5, 5.41) is 3.25. The van der Waals surface area contributed by atoms with Crippen molar-refractivity contribution in [2.75, 3.05) is 49.6 Å². The molecule has 0 saturated carbocycles. The number of hydrogen-bond acceptors (Lipinski definition) is 5. The summed E-state index contributed by atoms with van der Waals surface area (Å²) in [6.07, 6.45) is 3.29. The van der Waals surface area contributed by atoms with E-state index in [1.807, 2.05) is 0 Å². The van der Waals surface area contributed by atoms with Gasteiger partial charge >= 0.3 is 0 Å². The summed E-state index contributed by atoms with van der Waals surface area (Å²) in [6, 6.07) is 11.8. The van der Waals surface area contributed by atoms with Gasteiger partial charge in [0.1, 0.15) is 0 Å². The highest BCUT2D eigenvalue weighted by Crippen LogP contribution is 2.33.